The van der Waals surface area contributed by atoms with Gasteiger partial charge in [0.1, 0.15) is 5.82 Å². The van der Waals surface area contributed by atoms with Crippen molar-refractivity contribution in [2.75, 3.05) is 5.73 Å². The first-order valence-corrected chi connectivity index (χ1v) is 8.34. The first kappa shape index (κ1) is 16.2. The third-order valence-electron chi connectivity index (χ3n) is 3.96. The predicted molar refractivity (Wildman–Crippen MR) is 103 cm³/mol. The molecule has 0 spiro atoms. The van der Waals surface area contributed by atoms with E-state index >= 15 is 0 Å². The molecule has 5 nitrogen and oxygen atoms in total. The van der Waals surface area contributed by atoms with Crippen LogP contribution in [0.2, 0.25) is 5.02 Å². The molecule has 0 atom stereocenters. The highest BCUT2D eigenvalue weighted by molar-refractivity contribution is 6.30. The molecule has 0 fully saturated rings. The Labute approximate surface area is 155 Å². The summed E-state index contributed by atoms with van der Waals surface area (Å²) in [5.74, 6) is 0.954. The van der Waals surface area contributed by atoms with Gasteiger partial charge in [-0.3, -0.25) is 9.97 Å². The summed E-state index contributed by atoms with van der Waals surface area (Å²) in [5, 5.41) is 0.659. The second-order valence-corrected chi connectivity index (χ2v) is 6.07. The number of hydrogen-bond acceptors (Lipinski definition) is 5. The Hall–Kier alpha value is -3.31. The Balaban J connectivity index is 1.97. The summed E-state index contributed by atoms with van der Waals surface area (Å²) < 4.78 is 0. The predicted octanol–water partition coefficient (Wildman–Crippen LogP) is 4.50. The highest BCUT2D eigenvalue weighted by Crippen LogP contribution is 2.36. The van der Waals surface area contributed by atoms with Gasteiger partial charge >= 0.3 is 0 Å². The molecule has 3 heterocycles. The maximum atomic E-state index is 6.35. The number of nitrogens with zero attached hydrogens (tertiary/aromatic N) is 4. The van der Waals surface area contributed by atoms with Crippen molar-refractivity contribution in [1.82, 2.24) is 19.9 Å². The molecule has 0 bridgehead atoms. The fourth-order valence-corrected chi connectivity index (χ4v) is 2.85. The van der Waals surface area contributed by atoms with Crippen molar-refractivity contribution in [2.45, 2.75) is 0 Å². The van der Waals surface area contributed by atoms with Crippen LogP contribution in [0.3, 0.4) is 0 Å². The molecule has 0 aliphatic carbocycles. The highest BCUT2D eigenvalue weighted by Gasteiger charge is 2.17. The van der Waals surface area contributed by atoms with Gasteiger partial charge in [0.05, 0.1) is 11.3 Å². The zero-order chi connectivity index (χ0) is 17.9. The van der Waals surface area contributed by atoms with E-state index in [4.69, 9.17) is 22.3 Å². The second kappa shape index (κ2) is 6.90. The Bertz CT molecular complexity index is 1040. The van der Waals surface area contributed by atoms with E-state index in [0.717, 1.165) is 27.9 Å². The summed E-state index contributed by atoms with van der Waals surface area (Å²) >= 11 is 6.02. The lowest BCUT2D eigenvalue weighted by Gasteiger charge is -2.14. The molecule has 4 rings (SSSR count). The van der Waals surface area contributed by atoms with E-state index in [1.165, 1.54) is 0 Å². The van der Waals surface area contributed by atoms with Crippen molar-refractivity contribution in [3.63, 3.8) is 0 Å². The van der Waals surface area contributed by atoms with Crippen LogP contribution in [0.25, 0.3) is 33.8 Å². The molecule has 2 N–H and O–H groups in total. The average molecular weight is 360 g/mol. The number of rotatable bonds is 3. The van der Waals surface area contributed by atoms with Gasteiger partial charge in [-0.1, -0.05) is 23.7 Å². The summed E-state index contributed by atoms with van der Waals surface area (Å²) in [6.45, 7) is 0. The van der Waals surface area contributed by atoms with Crippen LogP contribution >= 0.6 is 11.6 Å². The maximum Gasteiger partial charge on any atom is 0.162 e. The maximum absolute atomic E-state index is 6.35. The third kappa shape index (κ3) is 3.12. The monoisotopic (exact) mass is 359 g/mol. The Kier molecular flexibility index (Phi) is 4.29. The summed E-state index contributed by atoms with van der Waals surface area (Å²) in [6, 6.07) is 15.0. The molecular formula is C20H14ClN5. The van der Waals surface area contributed by atoms with Crippen molar-refractivity contribution in [3.8, 4) is 33.8 Å². The summed E-state index contributed by atoms with van der Waals surface area (Å²) in [4.78, 5) is 17.4. The molecule has 1 aromatic carbocycles. The molecule has 0 radical (unpaired) electrons. The van der Waals surface area contributed by atoms with Crippen LogP contribution in [0, 0.1) is 0 Å². The minimum atomic E-state index is 0.404. The molecule has 0 unspecified atom stereocenters. The van der Waals surface area contributed by atoms with Crippen LogP contribution in [-0.4, -0.2) is 19.9 Å². The van der Waals surface area contributed by atoms with Crippen molar-refractivity contribution < 1.29 is 0 Å². The molecule has 0 saturated carbocycles. The number of pyridine rings is 2. The highest BCUT2D eigenvalue weighted by atomic mass is 35.5. The van der Waals surface area contributed by atoms with Gasteiger partial charge in [-0.2, -0.15) is 0 Å². The summed E-state index contributed by atoms with van der Waals surface area (Å²) in [7, 11) is 0. The average Bonchev–Trinajstić information content (AvgIpc) is 2.70. The fourth-order valence-electron chi connectivity index (χ4n) is 2.73. The van der Waals surface area contributed by atoms with Crippen molar-refractivity contribution in [3.05, 3.63) is 78.3 Å². The lowest BCUT2D eigenvalue weighted by molar-refractivity contribution is 1.18. The second-order valence-electron chi connectivity index (χ2n) is 5.63. The molecule has 0 aliphatic heterocycles. The van der Waals surface area contributed by atoms with Crippen LogP contribution in [0.15, 0.2) is 73.3 Å². The first-order chi connectivity index (χ1) is 12.7. The van der Waals surface area contributed by atoms with Gasteiger partial charge in [-0.05, 0) is 42.0 Å². The zero-order valence-electron chi connectivity index (χ0n) is 13.7. The van der Waals surface area contributed by atoms with Crippen LogP contribution in [0.1, 0.15) is 0 Å². The topological polar surface area (TPSA) is 77.6 Å². The van der Waals surface area contributed by atoms with Crippen molar-refractivity contribution in [2.24, 2.45) is 0 Å². The van der Waals surface area contributed by atoms with E-state index in [1.807, 2.05) is 48.5 Å². The molecule has 4 aromatic rings. The third-order valence-corrected chi connectivity index (χ3v) is 4.21. The van der Waals surface area contributed by atoms with Crippen molar-refractivity contribution in [1.29, 1.82) is 0 Å². The largest absolute Gasteiger partial charge is 0.383 e. The number of halogens is 1. The minimum absolute atomic E-state index is 0.404. The van der Waals surface area contributed by atoms with Gasteiger partial charge < -0.3 is 5.73 Å². The van der Waals surface area contributed by atoms with E-state index in [9.17, 15) is 0 Å². The minimum Gasteiger partial charge on any atom is -0.383 e. The van der Waals surface area contributed by atoms with Gasteiger partial charge in [0.15, 0.2) is 5.82 Å². The number of nitrogen functional groups attached to an aromatic ring is 1. The van der Waals surface area contributed by atoms with E-state index in [2.05, 4.69) is 15.0 Å². The Morgan fingerprint density at radius 3 is 1.85 bits per heavy atom. The van der Waals surface area contributed by atoms with Gasteiger partial charge in [-0.15, -0.1) is 0 Å². The molecule has 126 valence electrons. The molecular weight excluding hydrogens is 346 g/mol. The van der Waals surface area contributed by atoms with Gasteiger partial charge in [-0.25, -0.2) is 9.97 Å². The molecule has 6 heteroatoms. The van der Waals surface area contributed by atoms with Gasteiger partial charge in [0, 0.05) is 40.9 Å². The normalized spacial score (nSPS) is 10.7. The smallest absolute Gasteiger partial charge is 0.162 e. The van der Waals surface area contributed by atoms with E-state index in [-0.39, 0.29) is 0 Å². The summed E-state index contributed by atoms with van der Waals surface area (Å²) in [6.07, 6.45) is 6.86. The molecule has 0 amide bonds. The number of nitrogens with two attached hydrogens (primary N) is 1. The van der Waals surface area contributed by atoms with Crippen LogP contribution in [0.4, 0.5) is 5.82 Å². The van der Waals surface area contributed by atoms with Gasteiger partial charge in [0.2, 0.25) is 0 Å². The van der Waals surface area contributed by atoms with Crippen LogP contribution < -0.4 is 5.73 Å². The number of benzene rings is 1. The van der Waals surface area contributed by atoms with Crippen molar-refractivity contribution >= 4 is 17.4 Å². The Morgan fingerprint density at radius 2 is 1.23 bits per heavy atom. The number of hydrogen-bond donors (Lipinski definition) is 1. The fraction of sp³-hybridized carbons (Fsp3) is 0. The Morgan fingerprint density at radius 1 is 0.654 bits per heavy atom. The lowest BCUT2D eigenvalue weighted by Crippen LogP contribution is -2.03. The lowest BCUT2D eigenvalue weighted by atomic mass is 10.00. The van der Waals surface area contributed by atoms with Crippen LogP contribution in [0.5, 0.6) is 0 Å². The van der Waals surface area contributed by atoms with E-state index in [0.29, 0.717) is 16.7 Å². The zero-order valence-corrected chi connectivity index (χ0v) is 14.4. The molecule has 3 aromatic heterocycles. The number of aromatic nitrogens is 4. The van der Waals surface area contributed by atoms with Crippen LogP contribution in [-0.2, 0) is 0 Å². The molecule has 26 heavy (non-hydrogen) atoms. The standard InChI is InChI=1S/C20H14ClN5/c21-16-3-1-13(2-4-16)17-18(14-5-9-23-10-6-14)25-20(26-19(17)22)15-7-11-24-12-8-15/h1-12H,(H2,22,25,26). The van der Waals surface area contributed by atoms with Gasteiger partial charge in [0.25, 0.3) is 0 Å². The molecule has 0 saturated heterocycles. The molecule has 0 aliphatic rings. The van der Waals surface area contributed by atoms with E-state index < -0.39 is 0 Å². The first-order valence-electron chi connectivity index (χ1n) is 7.96. The SMILES string of the molecule is Nc1nc(-c2ccncc2)nc(-c2ccncc2)c1-c1ccc(Cl)cc1. The quantitative estimate of drug-likeness (QED) is 0.582. The number of anilines is 1. The summed E-state index contributed by atoms with van der Waals surface area (Å²) in [5.41, 5.74) is 10.5. The van der Waals surface area contributed by atoms with E-state index in [1.54, 1.807) is 24.8 Å².